The summed E-state index contributed by atoms with van der Waals surface area (Å²) in [5.74, 6) is 1.72. The lowest BCUT2D eigenvalue weighted by Gasteiger charge is -2.32. The molecule has 2 aliphatic heterocycles. The number of rotatable bonds is 19. The third-order valence-corrected chi connectivity index (χ3v) is 14.9. The first-order chi connectivity index (χ1) is 31.0. The lowest BCUT2D eigenvalue weighted by atomic mass is 9.86. The summed E-state index contributed by atoms with van der Waals surface area (Å²) < 4.78 is 49.0. The van der Waals surface area contributed by atoms with Gasteiger partial charge in [0.25, 0.3) is 0 Å². The van der Waals surface area contributed by atoms with Crippen molar-refractivity contribution in [1.82, 2.24) is 4.48 Å². The Morgan fingerprint density at radius 2 is 1.17 bits per heavy atom. The van der Waals surface area contributed by atoms with Crippen LogP contribution in [0.1, 0.15) is 117 Å². The Bertz CT molecular complexity index is 2680. The maximum Gasteiger partial charge on any atom is 0.737 e. The molecule has 0 aliphatic carbocycles. The van der Waals surface area contributed by atoms with E-state index in [4.69, 9.17) is 9.47 Å². The van der Waals surface area contributed by atoms with Crippen LogP contribution in [-0.2, 0) is 0 Å². The summed E-state index contributed by atoms with van der Waals surface area (Å²) in [7, 11) is 0. The highest BCUT2D eigenvalue weighted by Crippen LogP contribution is 2.49. The summed E-state index contributed by atoms with van der Waals surface area (Å²) in [6.07, 6.45) is 10.1. The van der Waals surface area contributed by atoms with Crippen molar-refractivity contribution >= 4 is 69.8 Å². The molecule has 8 rings (SSSR count). The number of carbonyl (C=O) groups is 1. The first kappa shape index (κ1) is 45.1. The summed E-state index contributed by atoms with van der Waals surface area (Å²) in [4.78, 5) is 17.2. The number of hydrogen-bond acceptors (Lipinski definition) is 6. The third-order valence-electron chi connectivity index (χ3n) is 12.7. The number of allylic oxidation sites excluding steroid dienone is 3. The largest absolute Gasteiger partial charge is 0.737 e. The third kappa shape index (κ3) is 8.57. The van der Waals surface area contributed by atoms with Crippen molar-refractivity contribution < 1.29 is 27.4 Å². The molecule has 2 aliphatic rings. The molecule has 0 saturated heterocycles. The highest BCUT2D eigenvalue weighted by molar-refractivity contribution is 7.18. The molecule has 0 spiro atoms. The van der Waals surface area contributed by atoms with Crippen LogP contribution in [-0.4, -0.2) is 41.1 Å². The van der Waals surface area contributed by atoms with Gasteiger partial charge < -0.3 is 32.0 Å². The molecular weight excluding hydrogens is 840 g/mol. The van der Waals surface area contributed by atoms with E-state index in [0.717, 1.165) is 95.7 Å². The molecule has 3 aromatic carbocycles. The minimum absolute atomic E-state index is 0.507. The average Bonchev–Trinajstić information content (AvgIpc) is 4.08. The Kier molecular flexibility index (Phi) is 13.6. The van der Waals surface area contributed by atoms with E-state index in [0.29, 0.717) is 40.9 Å². The van der Waals surface area contributed by atoms with Crippen LogP contribution in [0.2, 0.25) is 0 Å². The molecule has 64 heavy (non-hydrogen) atoms. The standard InChI is InChI=1S/C53H58BF2N3O3S2/c1-8-10-12-14-32-61-44-24-20-42(21-25-44)57(43-22-26-45(27-23-43)62-33-15-13-11-9-2)41-18-16-40(17-19-41)47-30-31-49(64-47)51-36(4)53-37(5)52-35(3)50(48-29-28-46(34-60)63-48)38(6)58(52)54(55,56)59(53)39(51)7/h16-31,34H,8-15,32-33H2,1-7H3. The molecule has 0 amide bonds. The molecule has 6 nitrogen and oxygen atoms in total. The summed E-state index contributed by atoms with van der Waals surface area (Å²) in [5.41, 5.74) is 10.4. The molecule has 0 radical (unpaired) electrons. The highest BCUT2D eigenvalue weighted by atomic mass is 32.1. The fourth-order valence-electron chi connectivity index (χ4n) is 9.59. The zero-order valence-corrected chi connectivity index (χ0v) is 39.7. The monoisotopic (exact) mass is 897 g/mol. The van der Waals surface area contributed by atoms with Crippen LogP contribution in [0.25, 0.3) is 32.0 Å². The summed E-state index contributed by atoms with van der Waals surface area (Å²) in [6, 6.07) is 33.0. The summed E-state index contributed by atoms with van der Waals surface area (Å²) in [5, 5.41) is 0. The number of halogens is 2. The van der Waals surface area contributed by atoms with Crippen LogP contribution in [0.3, 0.4) is 0 Å². The molecule has 0 bridgehead atoms. The number of thiophene rings is 2. The second-order valence-corrected chi connectivity index (χ2v) is 19.2. The van der Waals surface area contributed by atoms with E-state index in [1.165, 1.54) is 58.8 Å². The molecule has 0 atom stereocenters. The van der Waals surface area contributed by atoms with Crippen LogP contribution in [0.5, 0.6) is 11.5 Å². The van der Waals surface area contributed by atoms with Gasteiger partial charge in [-0.1, -0.05) is 64.5 Å². The highest BCUT2D eigenvalue weighted by Gasteiger charge is 2.56. The molecule has 0 saturated carbocycles. The Labute approximate surface area is 385 Å². The van der Waals surface area contributed by atoms with Crippen LogP contribution in [0.4, 0.5) is 25.7 Å². The topological polar surface area (TPSA) is 46.7 Å². The van der Waals surface area contributed by atoms with E-state index < -0.39 is 6.97 Å². The number of hydrogen-bond donors (Lipinski definition) is 0. The van der Waals surface area contributed by atoms with Gasteiger partial charge in [0.2, 0.25) is 0 Å². The number of carbonyl (C=O) groups excluding carboxylic acids is 1. The van der Waals surface area contributed by atoms with Gasteiger partial charge in [0.1, 0.15) is 17.2 Å². The number of aldehydes is 1. The van der Waals surface area contributed by atoms with Gasteiger partial charge in [-0.25, -0.2) is 0 Å². The lowest BCUT2D eigenvalue weighted by Crippen LogP contribution is -2.51. The van der Waals surface area contributed by atoms with Crippen molar-refractivity contribution in [1.29, 1.82) is 0 Å². The maximum absolute atomic E-state index is 17.1. The molecule has 5 heterocycles. The van der Waals surface area contributed by atoms with Crippen LogP contribution in [0.15, 0.2) is 108 Å². The smallest absolute Gasteiger partial charge is 0.494 e. The fraction of sp³-hybridized carbons (Fsp3) is 0.321. The Morgan fingerprint density at radius 1 is 0.641 bits per heavy atom. The van der Waals surface area contributed by atoms with Crippen LogP contribution in [0, 0.1) is 13.8 Å². The molecule has 332 valence electrons. The predicted octanol–water partition coefficient (Wildman–Crippen LogP) is 15.7. The van der Waals surface area contributed by atoms with Gasteiger partial charge in [-0.3, -0.25) is 4.79 Å². The van der Waals surface area contributed by atoms with Crippen molar-refractivity contribution in [3.05, 3.63) is 135 Å². The van der Waals surface area contributed by atoms with Gasteiger partial charge in [-0.05, 0) is 142 Å². The summed E-state index contributed by atoms with van der Waals surface area (Å²) in [6.45, 7) is 11.1. The van der Waals surface area contributed by atoms with E-state index >= 15 is 8.63 Å². The SMILES string of the molecule is CCCCCCOc1ccc(N(c2ccc(OCCCCCC)cc2)c2ccc(-c3ccc(-c4c(C)c5n(c4C)[B-](F)(F)[N+]4=C(C)C(c6ccc(C=O)s6)=C(C)C4=C5C)s3)cc2)cc1. The second-order valence-electron chi connectivity index (χ2n) is 17.0. The number of anilines is 3. The first-order valence-electron chi connectivity index (χ1n) is 22.8. The van der Waals surface area contributed by atoms with Gasteiger partial charge >= 0.3 is 6.97 Å². The molecule has 6 aromatic rings. The number of fused-ring (bicyclic) bond motifs is 2. The normalized spacial score (nSPS) is 14.3. The van der Waals surface area contributed by atoms with E-state index in [1.54, 1.807) is 24.3 Å². The van der Waals surface area contributed by atoms with Crippen molar-refractivity contribution in [2.45, 2.75) is 99.8 Å². The lowest BCUT2D eigenvalue weighted by molar-refractivity contribution is -0.363. The van der Waals surface area contributed by atoms with Gasteiger partial charge in [0.15, 0.2) is 12.0 Å². The van der Waals surface area contributed by atoms with Gasteiger partial charge in [-0.2, -0.15) is 0 Å². The Balaban J connectivity index is 1.08. The average molecular weight is 898 g/mol. The van der Waals surface area contributed by atoms with Crippen molar-refractivity contribution in [3.63, 3.8) is 0 Å². The number of benzene rings is 3. The van der Waals surface area contributed by atoms with Gasteiger partial charge in [-0.15, -0.1) is 22.7 Å². The Morgan fingerprint density at radius 3 is 1.70 bits per heavy atom. The maximum atomic E-state index is 17.1. The van der Waals surface area contributed by atoms with Crippen molar-refractivity contribution in [3.8, 4) is 32.4 Å². The fourth-order valence-corrected chi connectivity index (χ4v) is 11.7. The minimum Gasteiger partial charge on any atom is -0.494 e. The van der Waals surface area contributed by atoms with E-state index in [1.807, 2.05) is 58.0 Å². The molecule has 0 fully saturated rings. The van der Waals surface area contributed by atoms with E-state index in [-0.39, 0.29) is 0 Å². The van der Waals surface area contributed by atoms with Crippen LogP contribution >= 0.6 is 22.7 Å². The summed E-state index contributed by atoms with van der Waals surface area (Å²) >= 11 is 2.96. The number of unbranched alkanes of at least 4 members (excludes halogenated alkanes) is 6. The van der Waals surface area contributed by atoms with Crippen LogP contribution < -0.4 is 14.4 Å². The molecule has 3 aromatic heterocycles. The zero-order valence-electron chi connectivity index (χ0n) is 38.1. The van der Waals surface area contributed by atoms with Crippen molar-refractivity contribution in [2.24, 2.45) is 0 Å². The minimum atomic E-state index is -4.22. The number of ether oxygens (including phenoxy) is 2. The quantitative estimate of drug-likeness (QED) is 0.0462. The van der Waals surface area contributed by atoms with Crippen molar-refractivity contribution in [2.75, 3.05) is 18.1 Å². The number of aromatic nitrogens is 1. The molecule has 0 unspecified atom stereocenters. The molecular formula is C53H58BF2N3O3S2. The van der Waals surface area contributed by atoms with Gasteiger partial charge in [0, 0.05) is 61.0 Å². The Hall–Kier alpha value is -5.52. The predicted molar refractivity (Wildman–Crippen MR) is 266 cm³/mol. The second kappa shape index (κ2) is 19.3. The van der Waals surface area contributed by atoms with E-state index in [2.05, 4.69) is 79.4 Å². The molecule has 11 heteroatoms. The molecule has 0 N–H and O–H groups in total. The van der Waals surface area contributed by atoms with E-state index in [9.17, 15) is 4.79 Å². The zero-order chi connectivity index (χ0) is 45.1. The van der Waals surface area contributed by atoms with Gasteiger partial charge in [0.05, 0.1) is 23.7 Å². The number of nitrogens with zero attached hydrogens (tertiary/aromatic N) is 3. The first-order valence-corrected chi connectivity index (χ1v) is 24.4.